The van der Waals surface area contributed by atoms with E-state index < -0.39 is 12.7 Å². The molecule has 1 aromatic carbocycles. The highest BCUT2D eigenvalue weighted by Crippen LogP contribution is 2.30. The van der Waals surface area contributed by atoms with Crippen molar-refractivity contribution in [3.63, 3.8) is 0 Å². The molecule has 8 heteroatoms. The third-order valence-electron chi connectivity index (χ3n) is 4.80. The summed E-state index contributed by atoms with van der Waals surface area (Å²) in [6.07, 6.45) is 1.42. The van der Waals surface area contributed by atoms with Crippen LogP contribution in [0.1, 0.15) is 38.0 Å². The maximum atomic E-state index is 12.2. The first kappa shape index (κ1) is 22.1. The molecular weight excluding hydrogens is 389 g/mol. The highest BCUT2D eigenvalue weighted by molar-refractivity contribution is 5.28. The van der Waals surface area contributed by atoms with Crippen LogP contribution in [0.3, 0.4) is 0 Å². The fourth-order valence-electron chi connectivity index (χ4n) is 3.27. The lowest BCUT2D eigenvalue weighted by atomic mass is 10.0. The predicted octanol–water partition coefficient (Wildman–Crippen LogP) is 4.98. The molecule has 162 valence electrons. The van der Waals surface area contributed by atoms with Gasteiger partial charge in [0.1, 0.15) is 5.75 Å². The van der Waals surface area contributed by atoms with Gasteiger partial charge in [-0.2, -0.15) is 0 Å². The summed E-state index contributed by atoms with van der Waals surface area (Å²) in [5.41, 5.74) is 0.656. The minimum absolute atomic E-state index is 0.194. The minimum Gasteiger partial charge on any atom is -0.406 e. The van der Waals surface area contributed by atoms with Gasteiger partial charge in [0.05, 0.1) is 26.4 Å². The summed E-state index contributed by atoms with van der Waals surface area (Å²) in [4.78, 5) is 0. The van der Waals surface area contributed by atoms with Crippen molar-refractivity contribution in [2.75, 3.05) is 26.4 Å². The zero-order chi connectivity index (χ0) is 20.7. The third kappa shape index (κ3) is 7.29. The van der Waals surface area contributed by atoms with E-state index in [4.69, 9.17) is 18.9 Å². The molecule has 0 bridgehead atoms. The van der Waals surface area contributed by atoms with Crippen LogP contribution < -0.4 is 4.74 Å². The molecule has 2 aliphatic heterocycles. The van der Waals surface area contributed by atoms with Gasteiger partial charge >= 0.3 is 6.36 Å². The van der Waals surface area contributed by atoms with Crippen molar-refractivity contribution >= 4 is 0 Å². The van der Waals surface area contributed by atoms with Crippen LogP contribution >= 0.6 is 0 Å². The summed E-state index contributed by atoms with van der Waals surface area (Å²) in [7, 11) is 0. The van der Waals surface area contributed by atoms with Crippen LogP contribution in [-0.4, -0.2) is 39.1 Å². The third-order valence-corrected chi connectivity index (χ3v) is 4.80. The summed E-state index contributed by atoms with van der Waals surface area (Å²) in [5.74, 6) is 0.278. The molecule has 0 N–H and O–H groups in total. The zero-order valence-electron chi connectivity index (χ0n) is 16.4. The van der Waals surface area contributed by atoms with Crippen LogP contribution in [0.4, 0.5) is 13.2 Å². The van der Waals surface area contributed by atoms with Crippen LogP contribution in [0.2, 0.25) is 0 Å². The summed E-state index contributed by atoms with van der Waals surface area (Å²) in [6, 6.07) is 5.53. The number of ether oxygens (including phenoxy) is 5. The van der Waals surface area contributed by atoms with Gasteiger partial charge in [-0.3, -0.25) is 0 Å². The first-order valence-corrected chi connectivity index (χ1v) is 9.91. The van der Waals surface area contributed by atoms with Crippen LogP contribution in [0.5, 0.6) is 5.75 Å². The molecule has 1 aromatic rings. The second-order valence-electron chi connectivity index (χ2n) is 7.25. The number of rotatable bonds is 7. The second kappa shape index (κ2) is 10.4. The van der Waals surface area contributed by atoms with Gasteiger partial charge in [-0.15, -0.1) is 13.2 Å². The molecule has 29 heavy (non-hydrogen) atoms. The normalized spacial score (nSPS) is 28.6. The number of hydrogen-bond acceptors (Lipinski definition) is 5. The standard InChI is InChI=1S/C21H27F3O5/c1-2-3-4-15-11-25-19(26-12-15)10-5-16-13-27-20(28-14-16)17-6-8-18(9-7-17)29-21(22,23)24/h3-4,6-9,15-16,19-20H,2,5,10-14H2,1H3/b4-3+/t15?,16-,19?,20-. The van der Waals surface area contributed by atoms with Gasteiger partial charge in [-0.05, 0) is 31.4 Å². The Morgan fingerprint density at radius 2 is 1.62 bits per heavy atom. The number of hydrogen-bond donors (Lipinski definition) is 0. The number of allylic oxidation sites excluding steroid dienone is 1. The molecule has 2 fully saturated rings. The summed E-state index contributed by atoms with van der Waals surface area (Å²) in [6.45, 7) is 4.48. The smallest absolute Gasteiger partial charge is 0.406 e. The molecule has 0 amide bonds. The highest BCUT2D eigenvalue weighted by Gasteiger charge is 2.31. The Bertz CT molecular complexity index is 631. The number of alkyl halides is 3. The summed E-state index contributed by atoms with van der Waals surface area (Å²) in [5, 5.41) is 0. The molecule has 3 rings (SSSR count). The van der Waals surface area contributed by atoms with E-state index in [1.54, 1.807) is 0 Å². The van der Waals surface area contributed by atoms with Gasteiger partial charge < -0.3 is 23.7 Å². The van der Waals surface area contributed by atoms with Gasteiger partial charge in [-0.25, -0.2) is 0 Å². The highest BCUT2D eigenvalue weighted by atomic mass is 19.4. The van der Waals surface area contributed by atoms with E-state index in [0.717, 1.165) is 19.3 Å². The largest absolute Gasteiger partial charge is 0.573 e. The maximum Gasteiger partial charge on any atom is 0.573 e. The van der Waals surface area contributed by atoms with E-state index in [2.05, 4.69) is 23.8 Å². The van der Waals surface area contributed by atoms with E-state index in [0.29, 0.717) is 37.9 Å². The number of halogens is 3. The minimum atomic E-state index is -4.70. The van der Waals surface area contributed by atoms with Gasteiger partial charge in [0.2, 0.25) is 0 Å². The lowest BCUT2D eigenvalue weighted by molar-refractivity contribution is -0.274. The van der Waals surface area contributed by atoms with Crippen molar-refractivity contribution < 1.29 is 36.9 Å². The number of benzene rings is 1. The Kier molecular flexibility index (Phi) is 7.94. The summed E-state index contributed by atoms with van der Waals surface area (Å²) >= 11 is 0. The van der Waals surface area contributed by atoms with Crippen LogP contribution in [-0.2, 0) is 18.9 Å². The van der Waals surface area contributed by atoms with Crippen molar-refractivity contribution in [2.24, 2.45) is 11.8 Å². The van der Waals surface area contributed by atoms with E-state index in [-0.39, 0.29) is 18.0 Å². The molecule has 0 atom stereocenters. The molecule has 0 aromatic heterocycles. The Hall–Kier alpha value is -1.61. The van der Waals surface area contributed by atoms with E-state index in [9.17, 15) is 13.2 Å². The first-order valence-electron chi connectivity index (χ1n) is 9.91. The molecule has 2 heterocycles. The molecule has 0 aliphatic carbocycles. The molecule has 0 spiro atoms. The Labute approximate surface area is 168 Å². The molecule has 2 aliphatic rings. The predicted molar refractivity (Wildman–Crippen MR) is 99.1 cm³/mol. The summed E-state index contributed by atoms with van der Waals surface area (Å²) < 4.78 is 63.6. The average molecular weight is 416 g/mol. The SMILES string of the molecule is CC/C=C/C1COC(CC[C@H]2CO[C@H](c3ccc(OC(F)(F)F)cc3)OC2)OC1. The fraction of sp³-hybridized carbons (Fsp3) is 0.619. The molecule has 0 saturated carbocycles. The Morgan fingerprint density at radius 3 is 2.21 bits per heavy atom. The molecule has 0 radical (unpaired) electrons. The van der Waals surface area contributed by atoms with E-state index >= 15 is 0 Å². The lowest BCUT2D eigenvalue weighted by Gasteiger charge is -2.32. The van der Waals surface area contributed by atoms with Gasteiger partial charge in [-0.1, -0.05) is 31.2 Å². The first-order chi connectivity index (χ1) is 13.9. The topological polar surface area (TPSA) is 46.2 Å². The van der Waals surface area contributed by atoms with Gasteiger partial charge in [0.25, 0.3) is 0 Å². The second-order valence-corrected chi connectivity index (χ2v) is 7.25. The van der Waals surface area contributed by atoms with Crippen LogP contribution in [0, 0.1) is 11.8 Å². The van der Waals surface area contributed by atoms with Crippen molar-refractivity contribution in [1.29, 1.82) is 0 Å². The average Bonchev–Trinajstić information content (AvgIpc) is 2.71. The Balaban J connectivity index is 1.36. The molecular formula is C21H27F3O5. The van der Waals surface area contributed by atoms with Gasteiger partial charge in [0.15, 0.2) is 12.6 Å². The van der Waals surface area contributed by atoms with E-state index in [1.807, 2.05) is 0 Å². The van der Waals surface area contributed by atoms with Crippen molar-refractivity contribution in [2.45, 2.75) is 45.1 Å². The van der Waals surface area contributed by atoms with Crippen LogP contribution in [0.15, 0.2) is 36.4 Å². The van der Waals surface area contributed by atoms with Crippen molar-refractivity contribution in [3.8, 4) is 5.75 Å². The van der Waals surface area contributed by atoms with Crippen LogP contribution in [0.25, 0.3) is 0 Å². The monoisotopic (exact) mass is 416 g/mol. The fourth-order valence-corrected chi connectivity index (χ4v) is 3.27. The quantitative estimate of drug-likeness (QED) is 0.587. The molecule has 0 unspecified atom stereocenters. The van der Waals surface area contributed by atoms with Crippen molar-refractivity contribution in [3.05, 3.63) is 42.0 Å². The van der Waals surface area contributed by atoms with Gasteiger partial charge in [0, 0.05) is 17.4 Å². The molecule has 2 saturated heterocycles. The maximum absolute atomic E-state index is 12.2. The Morgan fingerprint density at radius 1 is 0.966 bits per heavy atom. The zero-order valence-corrected chi connectivity index (χ0v) is 16.4. The lowest BCUT2D eigenvalue weighted by Crippen LogP contribution is -2.33. The molecule has 5 nitrogen and oxygen atoms in total. The van der Waals surface area contributed by atoms with E-state index in [1.165, 1.54) is 24.3 Å². The van der Waals surface area contributed by atoms with Crippen molar-refractivity contribution in [1.82, 2.24) is 0 Å².